The Hall–Kier alpha value is -2.48. The van der Waals surface area contributed by atoms with Gasteiger partial charge in [0.05, 0.1) is 23.6 Å². The van der Waals surface area contributed by atoms with Crippen molar-refractivity contribution >= 4 is 32.9 Å². The standard InChI is InChI=1S/C22H26BrN5O2/c1-22(2,3)30-21(29)27-8-6-15(7-9-27)13-28-14-17-5-4-16(10-18(17)26-28)19-11-24-12-20(23)25-19/h4-5,10-12,14-15H,6-9,13H2,1-3H3. The van der Waals surface area contributed by atoms with E-state index in [0.717, 1.165) is 54.6 Å². The molecule has 8 heteroatoms. The Kier molecular flexibility index (Phi) is 5.77. The maximum Gasteiger partial charge on any atom is 0.410 e. The highest BCUT2D eigenvalue weighted by molar-refractivity contribution is 9.10. The highest BCUT2D eigenvalue weighted by atomic mass is 79.9. The van der Waals surface area contributed by atoms with Gasteiger partial charge in [-0.25, -0.2) is 9.78 Å². The van der Waals surface area contributed by atoms with Gasteiger partial charge >= 0.3 is 6.09 Å². The molecule has 0 saturated carbocycles. The lowest BCUT2D eigenvalue weighted by molar-refractivity contribution is 0.0177. The molecule has 1 saturated heterocycles. The van der Waals surface area contributed by atoms with E-state index in [9.17, 15) is 4.79 Å². The highest BCUT2D eigenvalue weighted by Gasteiger charge is 2.27. The van der Waals surface area contributed by atoms with E-state index in [0.29, 0.717) is 10.5 Å². The van der Waals surface area contributed by atoms with Gasteiger partial charge in [0.25, 0.3) is 0 Å². The first kappa shape index (κ1) is 20.8. The first-order valence-electron chi connectivity index (χ1n) is 10.2. The molecule has 7 nitrogen and oxygen atoms in total. The van der Waals surface area contributed by atoms with Crippen LogP contribution in [0.3, 0.4) is 0 Å². The van der Waals surface area contributed by atoms with Crippen molar-refractivity contribution in [3.63, 3.8) is 0 Å². The summed E-state index contributed by atoms with van der Waals surface area (Å²) in [6.45, 7) is 8.00. The van der Waals surface area contributed by atoms with Crippen molar-refractivity contribution in [3.05, 3.63) is 41.4 Å². The van der Waals surface area contributed by atoms with Crippen molar-refractivity contribution in [2.45, 2.75) is 45.8 Å². The third kappa shape index (κ3) is 4.98. The Labute approximate surface area is 184 Å². The van der Waals surface area contributed by atoms with Crippen LogP contribution in [0.15, 0.2) is 41.4 Å². The molecule has 158 valence electrons. The van der Waals surface area contributed by atoms with E-state index in [1.165, 1.54) is 0 Å². The molecular weight excluding hydrogens is 446 g/mol. The zero-order chi connectivity index (χ0) is 21.3. The maximum atomic E-state index is 12.2. The van der Waals surface area contributed by atoms with Gasteiger partial charge < -0.3 is 9.64 Å². The second kappa shape index (κ2) is 8.34. The van der Waals surface area contributed by atoms with Crippen molar-refractivity contribution < 1.29 is 9.53 Å². The molecule has 1 fully saturated rings. The lowest BCUT2D eigenvalue weighted by Gasteiger charge is -2.33. The topological polar surface area (TPSA) is 73.1 Å². The molecule has 3 heterocycles. The molecule has 1 amide bonds. The van der Waals surface area contributed by atoms with Crippen molar-refractivity contribution in [2.24, 2.45) is 5.92 Å². The number of likely N-dealkylation sites (tertiary alicyclic amines) is 1. The second-order valence-electron chi connectivity index (χ2n) is 8.76. The Morgan fingerprint density at radius 3 is 2.70 bits per heavy atom. The molecule has 0 spiro atoms. The normalized spacial score (nSPS) is 15.5. The molecule has 0 unspecified atom stereocenters. The minimum Gasteiger partial charge on any atom is -0.444 e. The predicted octanol–water partition coefficient (Wildman–Crippen LogP) is 4.90. The van der Waals surface area contributed by atoms with Crippen LogP contribution in [-0.2, 0) is 11.3 Å². The first-order chi connectivity index (χ1) is 14.3. The van der Waals surface area contributed by atoms with Crippen LogP contribution in [0.2, 0.25) is 0 Å². The summed E-state index contributed by atoms with van der Waals surface area (Å²) in [5, 5.41) is 5.87. The van der Waals surface area contributed by atoms with Crippen LogP contribution in [0.5, 0.6) is 0 Å². The van der Waals surface area contributed by atoms with Gasteiger partial charge in [0.2, 0.25) is 0 Å². The van der Waals surface area contributed by atoms with Gasteiger partial charge in [-0.05, 0) is 61.5 Å². The number of rotatable bonds is 3. The number of nitrogens with zero attached hydrogens (tertiary/aromatic N) is 5. The fourth-order valence-corrected chi connectivity index (χ4v) is 4.00. The van der Waals surface area contributed by atoms with E-state index < -0.39 is 5.60 Å². The summed E-state index contributed by atoms with van der Waals surface area (Å²) >= 11 is 3.37. The first-order valence-corrected chi connectivity index (χ1v) is 11.0. The fourth-order valence-electron chi connectivity index (χ4n) is 3.69. The van der Waals surface area contributed by atoms with E-state index >= 15 is 0 Å². The number of ether oxygens (including phenoxy) is 1. The number of fused-ring (bicyclic) bond motifs is 1. The van der Waals surface area contributed by atoms with E-state index in [1.807, 2.05) is 42.5 Å². The molecule has 0 radical (unpaired) electrons. The molecule has 0 atom stereocenters. The van der Waals surface area contributed by atoms with Crippen molar-refractivity contribution in [2.75, 3.05) is 13.1 Å². The third-order valence-corrected chi connectivity index (χ3v) is 5.55. The number of benzene rings is 1. The Bertz CT molecular complexity index is 1050. The number of hydrogen-bond donors (Lipinski definition) is 0. The summed E-state index contributed by atoms with van der Waals surface area (Å²) in [5.41, 5.74) is 2.30. The molecule has 4 rings (SSSR count). The van der Waals surface area contributed by atoms with Crippen LogP contribution in [0.1, 0.15) is 33.6 Å². The van der Waals surface area contributed by atoms with Crippen molar-refractivity contribution in [3.8, 4) is 11.3 Å². The SMILES string of the molecule is CC(C)(C)OC(=O)N1CCC(Cn2cc3ccc(-c4cncc(Br)n4)cc3n2)CC1. The Morgan fingerprint density at radius 1 is 1.23 bits per heavy atom. The lowest BCUT2D eigenvalue weighted by Crippen LogP contribution is -2.42. The average Bonchev–Trinajstić information content (AvgIpc) is 3.08. The number of amides is 1. The van der Waals surface area contributed by atoms with Crippen LogP contribution >= 0.6 is 15.9 Å². The molecule has 1 aliphatic rings. The molecule has 0 aliphatic carbocycles. The fraction of sp³-hybridized carbons (Fsp3) is 0.455. The smallest absolute Gasteiger partial charge is 0.410 e. The van der Waals surface area contributed by atoms with Gasteiger partial charge in [-0.1, -0.05) is 12.1 Å². The van der Waals surface area contributed by atoms with Crippen LogP contribution in [-0.4, -0.2) is 49.4 Å². The minimum absolute atomic E-state index is 0.214. The predicted molar refractivity (Wildman–Crippen MR) is 119 cm³/mol. The number of aromatic nitrogens is 4. The summed E-state index contributed by atoms with van der Waals surface area (Å²) in [6.07, 6.45) is 7.20. The van der Waals surface area contributed by atoms with Gasteiger partial charge in [-0.3, -0.25) is 9.67 Å². The number of hydrogen-bond acceptors (Lipinski definition) is 5. The third-order valence-electron chi connectivity index (χ3n) is 5.17. The molecule has 30 heavy (non-hydrogen) atoms. The summed E-state index contributed by atoms with van der Waals surface area (Å²) in [6, 6.07) is 6.17. The number of carbonyl (C=O) groups excluding carboxylic acids is 1. The zero-order valence-corrected chi connectivity index (χ0v) is 19.1. The molecule has 3 aromatic rings. The van der Waals surface area contributed by atoms with Crippen LogP contribution in [0.25, 0.3) is 22.2 Å². The average molecular weight is 472 g/mol. The van der Waals surface area contributed by atoms with Gasteiger partial charge in [-0.15, -0.1) is 0 Å². The summed E-state index contributed by atoms with van der Waals surface area (Å²) in [5.74, 6) is 0.494. The molecule has 2 aromatic heterocycles. The quantitative estimate of drug-likeness (QED) is 0.542. The van der Waals surface area contributed by atoms with Crippen LogP contribution < -0.4 is 0 Å². The van der Waals surface area contributed by atoms with E-state index in [4.69, 9.17) is 9.84 Å². The van der Waals surface area contributed by atoms with Crippen molar-refractivity contribution in [1.82, 2.24) is 24.6 Å². The zero-order valence-electron chi connectivity index (χ0n) is 17.5. The molecule has 1 aliphatic heterocycles. The molecule has 0 bridgehead atoms. The van der Waals surface area contributed by atoms with Crippen molar-refractivity contribution in [1.29, 1.82) is 0 Å². The maximum absolute atomic E-state index is 12.2. The van der Waals surface area contributed by atoms with Crippen LogP contribution in [0.4, 0.5) is 4.79 Å². The number of halogens is 1. The minimum atomic E-state index is -0.455. The number of carbonyl (C=O) groups is 1. The summed E-state index contributed by atoms with van der Waals surface area (Å²) in [4.78, 5) is 22.7. The van der Waals surface area contributed by atoms with Gasteiger partial charge in [0, 0.05) is 36.8 Å². The van der Waals surface area contributed by atoms with E-state index in [-0.39, 0.29) is 6.09 Å². The monoisotopic (exact) mass is 471 g/mol. The van der Waals surface area contributed by atoms with E-state index in [2.05, 4.69) is 38.2 Å². The molecular formula is C22H26BrN5O2. The van der Waals surface area contributed by atoms with Gasteiger partial charge in [0.15, 0.2) is 0 Å². The van der Waals surface area contributed by atoms with E-state index in [1.54, 1.807) is 12.4 Å². The molecule has 1 aromatic carbocycles. The van der Waals surface area contributed by atoms with Crippen LogP contribution in [0, 0.1) is 5.92 Å². The Morgan fingerprint density at radius 2 is 2.00 bits per heavy atom. The highest BCUT2D eigenvalue weighted by Crippen LogP contribution is 2.25. The number of piperidine rings is 1. The lowest BCUT2D eigenvalue weighted by atomic mass is 9.97. The summed E-state index contributed by atoms with van der Waals surface area (Å²) < 4.78 is 8.22. The second-order valence-corrected chi connectivity index (χ2v) is 9.58. The van der Waals surface area contributed by atoms with Gasteiger partial charge in [0.1, 0.15) is 10.2 Å². The Balaban J connectivity index is 1.40. The molecule has 0 N–H and O–H groups in total. The van der Waals surface area contributed by atoms with Gasteiger partial charge in [-0.2, -0.15) is 5.10 Å². The summed E-state index contributed by atoms with van der Waals surface area (Å²) in [7, 11) is 0. The largest absolute Gasteiger partial charge is 0.444 e.